The van der Waals surface area contributed by atoms with Gasteiger partial charge in [-0.05, 0) is 18.2 Å². The molecule has 0 radical (unpaired) electrons. The van der Waals surface area contributed by atoms with Gasteiger partial charge in [-0.3, -0.25) is 14.4 Å². The first-order valence-corrected chi connectivity index (χ1v) is 5.43. The lowest BCUT2D eigenvalue weighted by molar-refractivity contribution is -0.118. The van der Waals surface area contributed by atoms with Crippen molar-refractivity contribution in [1.82, 2.24) is 10.6 Å². The van der Waals surface area contributed by atoms with Crippen LogP contribution in [0.1, 0.15) is 27.6 Å². The molecular weight excluding hydrogens is 234 g/mol. The molecule has 0 heterocycles. The van der Waals surface area contributed by atoms with Gasteiger partial charge in [0.25, 0.3) is 5.91 Å². The molecule has 96 valence electrons. The van der Waals surface area contributed by atoms with E-state index < -0.39 is 5.91 Å². The van der Waals surface area contributed by atoms with Gasteiger partial charge in [-0.25, -0.2) is 0 Å². The molecule has 0 aromatic heterocycles. The second-order valence-electron chi connectivity index (χ2n) is 3.68. The molecule has 3 amide bonds. The highest BCUT2D eigenvalue weighted by molar-refractivity contribution is 5.99. The molecule has 1 aromatic carbocycles. The molecule has 1 aromatic rings. The molecule has 0 atom stereocenters. The Labute approximate surface area is 105 Å². The van der Waals surface area contributed by atoms with Gasteiger partial charge < -0.3 is 16.4 Å². The first-order valence-electron chi connectivity index (χ1n) is 5.43. The maximum absolute atomic E-state index is 11.7. The second-order valence-corrected chi connectivity index (χ2v) is 3.68. The first-order chi connectivity index (χ1) is 8.50. The fraction of sp³-hybridized carbons (Fsp3) is 0.250. The van der Waals surface area contributed by atoms with Crippen molar-refractivity contribution in [2.24, 2.45) is 5.73 Å². The summed E-state index contributed by atoms with van der Waals surface area (Å²) < 4.78 is 0. The largest absolute Gasteiger partial charge is 0.366 e. The van der Waals surface area contributed by atoms with E-state index in [1.807, 2.05) is 0 Å². The third-order valence-electron chi connectivity index (χ3n) is 2.19. The standard InChI is InChI=1S/C12H15N3O3/c1-8(16)14-5-6-15-12(18)10-4-2-3-9(7-10)11(13)17/h2-4,7H,5-6H2,1H3,(H2,13,17)(H,14,16)(H,15,18). The number of carbonyl (C=O) groups excluding carboxylic acids is 3. The highest BCUT2D eigenvalue weighted by atomic mass is 16.2. The Bertz CT molecular complexity index is 471. The van der Waals surface area contributed by atoms with E-state index >= 15 is 0 Å². The summed E-state index contributed by atoms with van der Waals surface area (Å²) in [5, 5.41) is 5.17. The number of benzene rings is 1. The van der Waals surface area contributed by atoms with Gasteiger partial charge in [-0.15, -0.1) is 0 Å². The molecule has 1 rings (SSSR count). The fourth-order valence-corrected chi connectivity index (χ4v) is 1.33. The molecule has 0 spiro atoms. The topological polar surface area (TPSA) is 101 Å². The van der Waals surface area contributed by atoms with E-state index in [-0.39, 0.29) is 17.4 Å². The molecule has 0 aliphatic heterocycles. The molecule has 6 nitrogen and oxygen atoms in total. The van der Waals surface area contributed by atoms with Crippen molar-refractivity contribution in [3.8, 4) is 0 Å². The number of nitrogens with one attached hydrogen (secondary N) is 2. The average Bonchev–Trinajstić information content (AvgIpc) is 2.34. The lowest BCUT2D eigenvalue weighted by atomic mass is 10.1. The number of nitrogens with two attached hydrogens (primary N) is 1. The van der Waals surface area contributed by atoms with Crippen LogP contribution >= 0.6 is 0 Å². The van der Waals surface area contributed by atoms with Crippen molar-refractivity contribution in [2.75, 3.05) is 13.1 Å². The Morgan fingerprint density at radius 2 is 1.72 bits per heavy atom. The van der Waals surface area contributed by atoms with E-state index in [1.165, 1.54) is 19.1 Å². The Hall–Kier alpha value is -2.37. The molecule has 0 saturated carbocycles. The quantitative estimate of drug-likeness (QED) is 0.622. The predicted octanol–water partition coefficient (Wildman–Crippen LogP) is -0.349. The fourth-order valence-electron chi connectivity index (χ4n) is 1.33. The number of hydrogen-bond acceptors (Lipinski definition) is 3. The van der Waals surface area contributed by atoms with Crippen molar-refractivity contribution >= 4 is 17.7 Å². The van der Waals surface area contributed by atoms with Gasteiger partial charge >= 0.3 is 0 Å². The van der Waals surface area contributed by atoms with E-state index in [0.717, 1.165) is 0 Å². The van der Waals surface area contributed by atoms with Crippen molar-refractivity contribution in [2.45, 2.75) is 6.92 Å². The summed E-state index contributed by atoms with van der Waals surface area (Å²) >= 11 is 0. The Morgan fingerprint density at radius 3 is 2.33 bits per heavy atom. The molecular formula is C12H15N3O3. The van der Waals surface area contributed by atoms with Crippen LogP contribution in [0, 0.1) is 0 Å². The molecule has 0 aliphatic carbocycles. The summed E-state index contributed by atoms with van der Waals surface area (Å²) in [5.41, 5.74) is 5.76. The zero-order valence-electron chi connectivity index (χ0n) is 10.0. The zero-order valence-corrected chi connectivity index (χ0v) is 10.0. The van der Waals surface area contributed by atoms with Gasteiger partial charge in [0, 0.05) is 31.1 Å². The van der Waals surface area contributed by atoms with Gasteiger partial charge in [0.15, 0.2) is 0 Å². The van der Waals surface area contributed by atoms with Crippen molar-refractivity contribution in [3.63, 3.8) is 0 Å². The van der Waals surface area contributed by atoms with E-state index in [1.54, 1.807) is 12.1 Å². The Kier molecular flexibility index (Phi) is 4.86. The van der Waals surface area contributed by atoms with Gasteiger partial charge in [0.05, 0.1) is 0 Å². The number of rotatable bonds is 5. The third-order valence-corrected chi connectivity index (χ3v) is 2.19. The van der Waals surface area contributed by atoms with Crippen LogP contribution in [0.4, 0.5) is 0 Å². The molecule has 18 heavy (non-hydrogen) atoms. The van der Waals surface area contributed by atoms with Crippen LogP contribution in [-0.2, 0) is 4.79 Å². The highest BCUT2D eigenvalue weighted by Gasteiger charge is 2.07. The van der Waals surface area contributed by atoms with Crippen LogP contribution in [0.5, 0.6) is 0 Å². The van der Waals surface area contributed by atoms with E-state index in [9.17, 15) is 14.4 Å². The zero-order chi connectivity index (χ0) is 13.5. The number of amides is 3. The SMILES string of the molecule is CC(=O)NCCNC(=O)c1cccc(C(N)=O)c1. The lowest BCUT2D eigenvalue weighted by Crippen LogP contribution is -2.33. The summed E-state index contributed by atoms with van der Waals surface area (Å²) in [6, 6.07) is 6.13. The predicted molar refractivity (Wildman–Crippen MR) is 66.0 cm³/mol. The van der Waals surface area contributed by atoms with Crippen LogP contribution < -0.4 is 16.4 Å². The summed E-state index contributed by atoms with van der Waals surface area (Å²) in [7, 11) is 0. The monoisotopic (exact) mass is 249 g/mol. The number of primary amides is 1. The maximum Gasteiger partial charge on any atom is 0.251 e. The molecule has 0 unspecified atom stereocenters. The van der Waals surface area contributed by atoms with Crippen molar-refractivity contribution < 1.29 is 14.4 Å². The van der Waals surface area contributed by atoms with Gasteiger partial charge in [0.1, 0.15) is 0 Å². The van der Waals surface area contributed by atoms with Crippen LogP contribution in [0.15, 0.2) is 24.3 Å². The molecule has 0 aliphatic rings. The van der Waals surface area contributed by atoms with Crippen LogP contribution in [-0.4, -0.2) is 30.8 Å². The minimum atomic E-state index is -0.581. The lowest BCUT2D eigenvalue weighted by Gasteiger charge is -2.06. The van der Waals surface area contributed by atoms with E-state index in [4.69, 9.17) is 5.73 Å². The second kappa shape index (κ2) is 6.39. The minimum absolute atomic E-state index is 0.153. The molecule has 0 saturated heterocycles. The molecule has 6 heteroatoms. The van der Waals surface area contributed by atoms with Gasteiger partial charge in [-0.2, -0.15) is 0 Å². The molecule has 0 fully saturated rings. The number of carbonyl (C=O) groups is 3. The average molecular weight is 249 g/mol. The van der Waals surface area contributed by atoms with Crippen molar-refractivity contribution in [3.05, 3.63) is 35.4 Å². The summed E-state index contributed by atoms with van der Waals surface area (Å²) in [6.07, 6.45) is 0. The van der Waals surface area contributed by atoms with Crippen LogP contribution in [0.2, 0.25) is 0 Å². The Morgan fingerprint density at radius 1 is 1.11 bits per heavy atom. The maximum atomic E-state index is 11.7. The van der Waals surface area contributed by atoms with E-state index in [0.29, 0.717) is 18.7 Å². The van der Waals surface area contributed by atoms with E-state index in [2.05, 4.69) is 10.6 Å². The highest BCUT2D eigenvalue weighted by Crippen LogP contribution is 2.04. The molecule has 0 bridgehead atoms. The smallest absolute Gasteiger partial charge is 0.251 e. The Balaban J connectivity index is 2.53. The minimum Gasteiger partial charge on any atom is -0.366 e. The third kappa shape index (κ3) is 4.25. The number of hydrogen-bond donors (Lipinski definition) is 3. The van der Waals surface area contributed by atoms with Gasteiger partial charge in [0.2, 0.25) is 11.8 Å². The molecule has 4 N–H and O–H groups in total. The van der Waals surface area contributed by atoms with Crippen LogP contribution in [0.3, 0.4) is 0 Å². The normalized spacial score (nSPS) is 9.61. The summed E-state index contributed by atoms with van der Waals surface area (Å²) in [4.78, 5) is 33.2. The summed E-state index contributed by atoms with van der Waals surface area (Å²) in [6.45, 7) is 2.08. The van der Waals surface area contributed by atoms with Gasteiger partial charge in [-0.1, -0.05) is 6.07 Å². The summed E-state index contributed by atoms with van der Waals surface area (Å²) in [5.74, 6) is -1.05. The van der Waals surface area contributed by atoms with Crippen molar-refractivity contribution in [1.29, 1.82) is 0 Å². The first kappa shape index (κ1) is 13.7. The van der Waals surface area contributed by atoms with Crippen LogP contribution in [0.25, 0.3) is 0 Å².